The van der Waals surface area contributed by atoms with Gasteiger partial charge in [-0.3, -0.25) is 0 Å². The average molecular weight is 258 g/mol. The van der Waals surface area contributed by atoms with Gasteiger partial charge in [-0.2, -0.15) is 0 Å². The second-order valence-electron chi connectivity index (χ2n) is 4.97. The quantitative estimate of drug-likeness (QED) is 0.524. The van der Waals surface area contributed by atoms with Crippen LogP contribution in [0.25, 0.3) is 11.1 Å². The summed E-state index contributed by atoms with van der Waals surface area (Å²) < 4.78 is 0. The molecule has 0 bridgehead atoms. The lowest BCUT2D eigenvalue weighted by Crippen LogP contribution is -2.02. The summed E-state index contributed by atoms with van der Waals surface area (Å²) in [6.45, 7) is 0. The van der Waals surface area contributed by atoms with Crippen molar-refractivity contribution in [3.05, 3.63) is 96.1 Å². The fourth-order valence-electron chi connectivity index (χ4n) is 2.66. The predicted molar refractivity (Wildman–Crippen MR) is 85.7 cm³/mol. The zero-order chi connectivity index (χ0) is 13.6. The Morgan fingerprint density at radius 3 is 1.15 bits per heavy atom. The van der Waals surface area contributed by atoms with Gasteiger partial charge in [0.05, 0.1) is 0 Å². The van der Waals surface area contributed by atoms with Crippen molar-refractivity contribution in [2.45, 2.75) is 12.8 Å². The first-order chi connectivity index (χ1) is 9.95. The lowest BCUT2D eigenvalue weighted by Gasteiger charge is -2.19. The van der Waals surface area contributed by atoms with Crippen molar-refractivity contribution in [3.63, 3.8) is 0 Å². The highest BCUT2D eigenvalue weighted by Gasteiger charge is 2.13. The highest BCUT2D eigenvalue weighted by atomic mass is 14.2. The van der Waals surface area contributed by atoms with E-state index in [2.05, 4.69) is 48.5 Å². The minimum Gasteiger partial charge on any atom is -0.0623 e. The summed E-state index contributed by atoms with van der Waals surface area (Å²) in [6.07, 6.45) is 2.38. The van der Waals surface area contributed by atoms with E-state index in [4.69, 9.17) is 0 Å². The molecule has 0 amide bonds. The van der Waals surface area contributed by atoms with Gasteiger partial charge in [0.25, 0.3) is 0 Å². The van der Waals surface area contributed by atoms with Crippen molar-refractivity contribution < 1.29 is 0 Å². The Morgan fingerprint density at radius 2 is 0.750 bits per heavy atom. The summed E-state index contributed by atoms with van der Waals surface area (Å²) in [7, 11) is 0. The van der Waals surface area contributed by atoms with Crippen LogP contribution < -0.4 is 0 Å². The van der Waals surface area contributed by atoms with Crippen LogP contribution in [-0.2, 0) is 12.8 Å². The first-order valence-corrected chi connectivity index (χ1v) is 7.11. The number of fused-ring (bicyclic) bond motifs is 3. The van der Waals surface area contributed by atoms with Crippen molar-refractivity contribution in [3.8, 4) is 11.1 Å². The lowest BCUT2D eigenvalue weighted by atomic mass is 9.86. The Bertz CT molecular complexity index is 596. The molecule has 0 radical (unpaired) electrons. The van der Waals surface area contributed by atoms with Crippen molar-refractivity contribution in [1.82, 2.24) is 0 Å². The molecule has 1 aliphatic carbocycles. The van der Waals surface area contributed by atoms with Crippen LogP contribution >= 0.6 is 0 Å². The van der Waals surface area contributed by atoms with Gasteiger partial charge in [-0.1, -0.05) is 84.9 Å². The Balaban J connectivity index is 0.000000170. The molecule has 0 fully saturated rings. The Kier molecular flexibility index (Phi) is 3.93. The van der Waals surface area contributed by atoms with E-state index >= 15 is 0 Å². The van der Waals surface area contributed by atoms with Gasteiger partial charge in [0.15, 0.2) is 0 Å². The molecule has 0 heterocycles. The Labute approximate surface area is 120 Å². The first-order valence-electron chi connectivity index (χ1n) is 7.11. The van der Waals surface area contributed by atoms with Crippen LogP contribution in [0.1, 0.15) is 11.1 Å². The third-order valence-electron chi connectivity index (χ3n) is 3.66. The molecule has 0 spiro atoms. The monoisotopic (exact) mass is 258 g/mol. The van der Waals surface area contributed by atoms with Gasteiger partial charge in [0.2, 0.25) is 0 Å². The molecule has 4 rings (SSSR count). The van der Waals surface area contributed by atoms with Gasteiger partial charge in [-0.15, -0.1) is 0 Å². The summed E-state index contributed by atoms with van der Waals surface area (Å²) in [6, 6.07) is 29.5. The molecule has 0 saturated heterocycles. The molecule has 0 N–H and O–H groups in total. The van der Waals surface area contributed by atoms with Crippen molar-refractivity contribution in [1.29, 1.82) is 0 Å². The van der Waals surface area contributed by atoms with E-state index in [1.807, 2.05) is 36.4 Å². The number of hydrogen-bond donors (Lipinski definition) is 0. The van der Waals surface area contributed by atoms with E-state index in [1.165, 1.54) is 35.1 Å². The van der Waals surface area contributed by atoms with Crippen LogP contribution in [0, 0.1) is 0 Å². The summed E-state index contributed by atoms with van der Waals surface area (Å²) in [5.74, 6) is 0. The largest absolute Gasteiger partial charge is 0.0623 e. The molecular formula is C20H18. The smallest absolute Gasteiger partial charge is 0.0149 e. The van der Waals surface area contributed by atoms with Crippen molar-refractivity contribution >= 4 is 0 Å². The second kappa shape index (κ2) is 6.21. The van der Waals surface area contributed by atoms with E-state index in [9.17, 15) is 0 Å². The number of hydrogen-bond acceptors (Lipinski definition) is 0. The Morgan fingerprint density at radius 1 is 0.400 bits per heavy atom. The molecule has 0 atom stereocenters. The number of rotatable bonds is 0. The average Bonchev–Trinajstić information content (AvgIpc) is 2.57. The van der Waals surface area contributed by atoms with Crippen LogP contribution in [0.5, 0.6) is 0 Å². The molecule has 0 saturated carbocycles. The van der Waals surface area contributed by atoms with Gasteiger partial charge >= 0.3 is 0 Å². The zero-order valence-electron chi connectivity index (χ0n) is 11.5. The van der Waals surface area contributed by atoms with Crippen LogP contribution in [0.15, 0.2) is 84.9 Å². The first kappa shape index (κ1) is 12.7. The molecular weight excluding hydrogens is 240 g/mol. The van der Waals surface area contributed by atoms with Crippen molar-refractivity contribution in [2.75, 3.05) is 0 Å². The van der Waals surface area contributed by atoms with E-state index in [-0.39, 0.29) is 0 Å². The van der Waals surface area contributed by atoms with Gasteiger partial charge in [0.1, 0.15) is 0 Å². The van der Waals surface area contributed by atoms with Crippen LogP contribution in [0.3, 0.4) is 0 Å². The van der Waals surface area contributed by atoms with Crippen LogP contribution in [0.4, 0.5) is 0 Å². The maximum absolute atomic E-state index is 2.24. The van der Waals surface area contributed by atoms with Gasteiger partial charge in [-0.25, -0.2) is 0 Å². The molecule has 0 aromatic heterocycles. The summed E-state index contributed by atoms with van der Waals surface area (Å²) in [5.41, 5.74) is 5.83. The van der Waals surface area contributed by atoms with E-state index in [0.29, 0.717) is 0 Å². The third kappa shape index (κ3) is 2.80. The third-order valence-corrected chi connectivity index (χ3v) is 3.66. The predicted octanol–water partition coefficient (Wildman–Crippen LogP) is 5.14. The standard InChI is InChI=1S/C14H12.C6H6/c1-3-7-13-11(5-1)9-10-12-6-2-4-8-14(12)13;1-2-4-6-5-3-1/h1-8H,9-10H2;1-6H. The van der Waals surface area contributed by atoms with Crippen LogP contribution in [-0.4, -0.2) is 0 Å². The highest BCUT2D eigenvalue weighted by molar-refractivity contribution is 5.72. The van der Waals surface area contributed by atoms with Crippen LogP contribution in [0.2, 0.25) is 0 Å². The fraction of sp³-hybridized carbons (Fsp3) is 0.100. The van der Waals surface area contributed by atoms with Gasteiger partial charge in [0, 0.05) is 0 Å². The van der Waals surface area contributed by atoms with E-state index in [0.717, 1.165) is 0 Å². The molecule has 0 nitrogen and oxygen atoms in total. The summed E-state index contributed by atoms with van der Waals surface area (Å²) in [4.78, 5) is 0. The summed E-state index contributed by atoms with van der Waals surface area (Å²) in [5, 5.41) is 0. The fourth-order valence-corrected chi connectivity index (χ4v) is 2.66. The Hall–Kier alpha value is -2.34. The molecule has 98 valence electrons. The number of aryl methyl sites for hydroxylation is 2. The number of benzene rings is 3. The second-order valence-corrected chi connectivity index (χ2v) is 4.97. The maximum Gasteiger partial charge on any atom is -0.0149 e. The molecule has 3 aromatic carbocycles. The lowest BCUT2D eigenvalue weighted by molar-refractivity contribution is 0.942. The highest BCUT2D eigenvalue weighted by Crippen LogP contribution is 2.32. The molecule has 0 heteroatoms. The van der Waals surface area contributed by atoms with Gasteiger partial charge in [-0.05, 0) is 35.1 Å². The molecule has 20 heavy (non-hydrogen) atoms. The topological polar surface area (TPSA) is 0 Å². The summed E-state index contributed by atoms with van der Waals surface area (Å²) >= 11 is 0. The normalized spacial score (nSPS) is 11.6. The molecule has 0 unspecified atom stereocenters. The SMILES string of the molecule is c1ccc2c(c1)CCc1ccccc1-2.c1ccccc1. The van der Waals surface area contributed by atoms with E-state index in [1.54, 1.807) is 0 Å². The minimum atomic E-state index is 1.19. The molecule has 0 aliphatic heterocycles. The maximum atomic E-state index is 2.24. The van der Waals surface area contributed by atoms with Crippen molar-refractivity contribution in [2.24, 2.45) is 0 Å². The minimum absolute atomic E-state index is 1.19. The molecule has 1 aliphatic rings. The van der Waals surface area contributed by atoms with E-state index < -0.39 is 0 Å². The molecule has 3 aromatic rings. The van der Waals surface area contributed by atoms with Gasteiger partial charge < -0.3 is 0 Å². The zero-order valence-corrected chi connectivity index (χ0v) is 11.5.